The molecule has 0 spiro atoms. The zero-order valence-electron chi connectivity index (χ0n) is 23.1. The van der Waals surface area contributed by atoms with Crippen LogP contribution in [-0.4, -0.2) is 60.3 Å². The van der Waals surface area contributed by atoms with Crippen LogP contribution in [0.1, 0.15) is 57.6 Å². The molecule has 8 nitrogen and oxygen atoms in total. The lowest BCUT2D eigenvalue weighted by Gasteiger charge is -2.35. The summed E-state index contributed by atoms with van der Waals surface area (Å²) >= 11 is 0. The molecule has 3 aliphatic rings. The van der Waals surface area contributed by atoms with Crippen LogP contribution in [0.2, 0.25) is 0 Å². The van der Waals surface area contributed by atoms with Crippen LogP contribution in [0.3, 0.4) is 0 Å². The van der Waals surface area contributed by atoms with E-state index in [1.54, 1.807) is 0 Å². The number of amides is 2. The molecule has 3 heterocycles. The lowest BCUT2D eigenvalue weighted by atomic mass is 9.85. The second kappa shape index (κ2) is 11.6. The summed E-state index contributed by atoms with van der Waals surface area (Å²) in [5.74, 6) is -1.59. The third-order valence-electron chi connectivity index (χ3n) is 7.64. The van der Waals surface area contributed by atoms with E-state index in [0.29, 0.717) is 6.42 Å². The standard InChI is InChI=1S/C31H38N2O6/c1-30(2,3)26-27(34)33-20-31(38-4,19-25(33)28(35)36)23-16-14-22(15-17-23)24-13-9-8-12-21(24)11-7-5-6-10-18-39-29(37)32-26/h7-9,11-17,25-26H,5-6,10,18-20H2,1-4H3,(H,32,37)(H,35,36)/b11-7+/t25-,26+,31-/m0/s1. The van der Waals surface area contributed by atoms with Crippen molar-refractivity contribution in [3.05, 3.63) is 65.7 Å². The van der Waals surface area contributed by atoms with Gasteiger partial charge in [0.15, 0.2) is 0 Å². The van der Waals surface area contributed by atoms with Crippen molar-refractivity contribution in [2.75, 3.05) is 20.3 Å². The molecule has 3 atom stereocenters. The summed E-state index contributed by atoms with van der Waals surface area (Å²) in [5, 5.41) is 12.8. The number of allylic oxidation sites excluding steroid dienone is 1. The molecule has 2 N–H and O–H groups in total. The van der Waals surface area contributed by atoms with Crippen LogP contribution in [0.4, 0.5) is 4.79 Å². The van der Waals surface area contributed by atoms with E-state index < -0.39 is 41.1 Å². The molecule has 1 saturated heterocycles. The summed E-state index contributed by atoms with van der Waals surface area (Å²) < 4.78 is 11.4. The lowest BCUT2D eigenvalue weighted by molar-refractivity contribution is -0.150. The fraction of sp³-hybridized carbons (Fsp3) is 0.452. The summed E-state index contributed by atoms with van der Waals surface area (Å²) in [6.07, 6.45) is 5.99. The molecular weight excluding hydrogens is 496 g/mol. The number of nitrogens with zero attached hydrogens (tertiary/aromatic N) is 1. The van der Waals surface area contributed by atoms with Gasteiger partial charge in [-0.15, -0.1) is 0 Å². The number of benzene rings is 2. The fourth-order valence-corrected chi connectivity index (χ4v) is 5.37. The number of ether oxygens (including phenoxy) is 2. The second-order valence-electron chi connectivity index (χ2n) is 11.4. The van der Waals surface area contributed by atoms with Crippen LogP contribution < -0.4 is 5.32 Å². The van der Waals surface area contributed by atoms with Crippen molar-refractivity contribution < 1.29 is 29.0 Å². The Bertz CT molecular complexity index is 1230. The van der Waals surface area contributed by atoms with Crippen LogP contribution in [-0.2, 0) is 24.7 Å². The number of hydrogen-bond acceptors (Lipinski definition) is 5. The van der Waals surface area contributed by atoms with Crippen LogP contribution in [0.25, 0.3) is 17.2 Å². The first-order valence-electron chi connectivity index (χ1n) is 13.4. The highest BCUT2D eigenvalue weighted by atomic mass is 16.5. The predicted molar refractivity (Wildman–Crippen MR) is 149 cm³/mol. The quantitative estimate of drug-likeness (QED) is 0.548. The van der Waals surface area contributed by atoms with Gasteiger partial charge in [-0.05, 0) is 46.9 Å². The molecule has 2 aromatic carbocycles. The van der Waals surface area contributed by atoms with Crippen molar-refractivity contribution in [3.8, 4) is 11.1 Å². The molecule has 0 unspecified atom stereocenters. The molecule has 0 aromatic heterocycles. The number of hydrogen-bond donors (Lipinski definition) is 2. The predicted octanol–water partition coefficient (Wildman–Crippen LogP) is 5.22. The molecule has 8 heteroatoms. The minimum atomic E-state index is -1.12. The highest BCUT2D eigenvalue weighted by Gasteiger charge is 2.52. The van der Waals surface area contributed by atoms with Crippen LogP contribution in [0.15, 0.2) is 54.6 Å². The molecule has 208 valence electrons. The molecular formula is C31H38N2O6. The summed E-state index contributed by atoms with van der Waals surface area (Å²) in [6.45, 7) is 5.74. The zero-order chi connectivity index (χ0) is 28.2. The van der Waals surface area contributed by atoms with E-state index in [-0.39, 0.29) is 19.6 Å². The number of methoxy groups -OCH3 is 1. The van der Waals surface area contributed by atoms with Gasteiger partial charge in [0.2, 0.25) is 5.91 Å². The number of carbonyl (C=O) groups excluding carboxylic acids is 2. The molecule has 1 fully saturated rings. The van der Waals surface area contributed by atoms with Crippen LogP contribution in [0, 0.1) is 5.41 Å². The minimum Gasteiger partial charge on any atom is -0.480 e. The molecule has 2 aromatic rings. The maximum absolute atomic E-state index is 13.9. The molecule has 4 bridgehead atoms. The smallest absolute Gasteiger partial charge is 0.407 e. The molecule has 39 heavy (non-hydrogen) atoms. The average Bonchev–Trinajstić information content (AvgIpc) is 3.32. The summed E-state index contributed by atoms with van der Waals surface area (Å²) in [6, 6.07) is 14.0. The van der Waals surface area contributed by atoms with Crippen molar-refractivity contribution >= 4 is 24.0 Å². The van der Waals surface area contributed by atoms with Gasteiger partial charge in [0.05, 0.1) is 13.2 Å². The van der Waals surface area contributed by atoms with Gasteiger partial charge >= 0.3 is 12.1 Å². The van der Waals surface area contributed by atoms with Gasteiger partial charge in [-0.25, -0.2) is 9.59 Å². The van der Waals surface area contributed by atoms with E-state index in [1.807, 2.05) is 57.2 Å². The van der Waals surface area contributed by atoms with Crippen molar-refractivity contribution in [1.29, 1.82) is 0 Å². The minimum absolute atomic E-state index is 0.0429. The molecule has 3 aliphatic heterocycles. The number of carboxylic acid groups (broad SMARTS) is 1. The van der Waals surface area contributed by atoms with E-state index >= 15 is 0 Å². The number of fused-ring (bicyclic) bond motifs is 11. The lowest BCUT2D eigenvalue weighted by Crippen LogP contribution is -2.57. The van der Waals surface area contributed by atoms with E-state index in [4.69, 9.17) is 9.47 Å². The number of rotatable bonds is 2. The number of alkyl carbamates (subject to hydrolysis) is 1. The maximum Gasteiger partial charge on any atom is 0.407 e. The summed E-state index contributed by atoms with van der Waals surface area (Å²) in [7, 11) is 1.54. The van der Waals surface area contributed by atoms with E-state index in [0.717, 1.165) is 35.1 Å². The highest BCUT2D eigenvalue weighted by Crippen LogP contribution is 2.41. The van der Waals surface area contributed by atoms with E-state index in [9.17, 15) is 19.5 Å². The van der Waals surface area contributed by atoms with Gasteiger partial charge < -0.3 is 24.8 Å². The zero-order valence-corrected chi connectivity index (χ0v) is 23.1. The Morgan fingerprint density at radius 1 is 1.10 bits per heavy atom. The first kappa shape index (κ1) is 28.4. The van der Waals surface area contributed by atoms with Crippen LogP contribution in [0.5, 0.6) is 0 Å². The summed E-state index contributed by atoms with van der Waals surface area (Å²) in [5.41, 5.74) is 2.30. The number of aliphatic carboxylic acids is 1. The van der Waals surface area contributed by atoms with E-state index in [2.05, 4.69) is 29.6 Å². The molecule has 0 saturated carbocycles. The third-order valence-corrected chi connectivity index (χ3v) is 7.64. The van der Waals surface area contributed by atoms with Crippen molar-refractivity contribution in [1.82, 2.24) is 10.2 Å². The molecule has 0 aliphatic carbocycles. The number of nitrogens with one attached hydrogen (secondary N) is 1. The largest absolute Gasteiger partial charge is 0.480 e. The molecule has 0 radical (unpaired) electrons. The van der Waals surface area contributed by atoms with Gasteiger partial charge in [0, 0.05) is 13.5 Å². The third kappa shape index (κ3) is 6.17. The van der Waals surface area contributed by atoms with Crippen molar-refractivity contribution in [2.24, 2.45) is 5.41 Å². The Labute approximate surface area is 230 Å². The fourth-order valence-electron chi connectivity index (χ4n) is 5.37. The van der Waals surface area contributed by atoms with Gasteiger partial charge in [-0.1, -0.05) is 81.5 Å². The van der Waals surface area contributed by atoms with Gasteiger partial charge in [0.1, 0.15) is 17.7 Å². The van der Waals surface area contributed by atoms with Crippen LogP contribution >= 0.6 is 0 Å². The van der Waals surface area contributed by atoms with Crippen molar-refractivity contribution in [2.45, 2.75) is 64.1 Å². The first-order chi connectivity index (χ1) is 18.6. The SMILES string of the molecule is CO[C@@]12C[C@@H](C(=O)O)N(C1)C(=O)[C@H](C(C)(C)C)NC(=O)OCCCC/C=C/c1ccccc1-c1ccc2cc1. The van der Waals surface area contributed by atoms with Crippen molar-refractivity contribution in [3.63, 3.8) is 0 Å². The Hall–Kier alpha value is -3.65. The Morgan fingerprint density at radius 2 is 1.82 bits per heavy atom. The Morgan fingerprint density at radius 3 is 2.49 bits per heavy atom. The first-order valence-corrected chi connectivity index (χ1v) is 13.4. The monoisotopic (exact) mass is 534 g/mol. The topological polar surface area (TPSA) is 105 Å². The van der Waals surface area contributed by atoms with E-state index in [1.165, 1.54) is 12.0 Å². The molecule has 5 rings (SSSR count). The van der Waals surface area contributed by atoms with Gasteiger partial charge in [0.25, 0.3) is 0 Å². The molecule has 2 amide bonds. The Kier molecular flexibility index (Phi) is 8.45. The van der Waals surface area contributed by atoms with Gasteiger partial charge in [-0.2, -0.15) is 0 Å². The number of carboxylic acids is 1. The van der Waals surface area contributed by atoms with Gasteiger partial charge in [-0.3, -0.25) is 4.79 Å². The summed E-state index contributed by atoms with van der Waals surface area (Å²) in [4.78, 5) is 40.2. The second-order valence-corrected chi connectivity index (χ2v) is 11.4. The Balaban J connectivity index is 1.77. The highest BCUT2D eigenvalue weighted by molar-refractivity contribution is 5.90. The maximum atomic E-state index is 13.9. The average molecular weight is 535 g/mol. The number of carbonyl (C=O) groups is 3. The normalized spacial score (nSPS) is 25.4.